The average molecular weight is 452 g/mol. The van der Waals surface area contributed by atoms with Gasteiger partial charge in [0.15, 0.2) is 5.58 Å². The number of carbonyl (C=O) groups excluding carboxylic acids is 2. The Balaban J connectivity index is 0.000000730. The van der Waals surface area contributed by atoms with E-state index < -0.39 is 11.7 Å². The zero-order chi connectivity index (χ0) is 22.2. The number of anilines is 1. The molecule has 2 saturated heterocycles. The molecule has 0 aliphatic carbocycles. The lowest BCUT2D eigenvalue weighted by molar-refractivity contribution is -0.191. The Bertz CT molecular complexity index is 1100. The van der Waals surface area contributed by atoms with Gasteiger partial charge in [-0.1, -0.05) is 6.92 Å². The predicted molar refractivity (Wildman–Crippen MR) is 107 cm³/mol. The van der Waals surface area contributed by atoms with E-state index in [1.165, 1.54) is 11.3 Å². The molecule has 4 heterocycles. The van der Waals surface area contributed by atoms with Crippen molar-refractivity contribution in [2.45, 2.75) is 44.4 Å². The van der Waals surface area contributed by atoms with Crippen molar-refractivity contribution in [3.05, 3.63) is 28.8 Å². The third kappa shape index (κ3) is 4.08. The van der Waals surface area contributed by atoms with Gasteiger partial charge in [0.2, 0.25) is 0 Å². The van der Waals surface area contributed by atoms with Crippen LogP contribution in [0.25, 0.3) is 21.7 Å². The van der Waals surface area contributed by atoms with Gasteiger partial charge in [0, 0.05) is 36.8 Å². The maximum absolute atomic E-state index is 13.9. The summed E-state index contributed by atoms with van der Waals surface area (Å²) in [6.07, 6.45) is -0.218. The van der Waals surface area contributed by atoms with E-state index in [2.05, 4.69) is 15.3 Å². The first-order valence-corrected chi connectivity index (χ1v) is 10.7. The monoisotopic (exact) mass is 452 g/mol. The maximum atomic E-state index is 13.9. The topological polar surface area (TPSA) is 88.3 Å². The highest BCUT2D eigenvalue weighted by molar-refractivity contribution is 7.13. The van der Waals surface area contributed by atoms with Crippen LogP contribution in [0.15, 0.2) is 22.1 Å². The van der Waals surface area contributed by atoms with Gasteiger partial charge in [0.05, 0.1) is 11.1 Å². The van der Waals surface area contributed by atoms with E-state index in [1.807, 2.05) is 4.90 Å². The van der Waals surface area contributed by atoms with Crippen LogP contribution in [0.3, 0.4) is 0 Å². The Labute approximate surface area is 179 Å². The molecular weight excluding hydrogens is 433 g/mol. The molecule has 11 heteroatoms. The van der Waals surface area contributed by atoms with Crippen molar-refractivity contribution in [2.24, 2.45) is 0 Å². The van der Waals surface area contributed by atoms with Crippen molar-refractivity contribution in [3.63, 3.8) is 0 Å². The number of halogens is 3. The number of benzene rings is 1. The van der Waals surface area contributed by atoms with E-state index in [9.17, 15) is 13.2 Å². The molecule has 1 aromatic carbocycles. The molecule has 0 amide bonds. The van der Waals surface area contributed by atoms with Gasteiger partial charge in [-0.3, -0.25) is 0 Å². The number of hydrogen-bond donors (Lipinski definition) is 1. The molecule has 2 bridgehead atoms. The number of nitrogens with zero attached hydrogens (tertiary/aromatic N) is 3. The van der Waals surface area contributed by atoms with Crippen molar-refractivity contribution >= 4 is 34.6 Å². The summed E-state index contributed by atoms with van der Waals surface area (Å²) in [7, 11) is 0. The minimum atomic E-state index is -4.50. The van der Waals surface area contributed by atoms with Gasteiger partial charge < -0.3 is 14.6 Å². The summed E-state index contributed by atoms with van der Waals surface area (Å²) in [5, 5.41) is 5.95. The van der Waals surface area contributed by atoms with Crippen molar-refractivity contribution in [2.75, 3.05) is 18.0 Å². The highest BCUT2D eigenvalue weighted by Crippen LogP contribution is 2.43. The summed E-state index contributed by atoms with van der Waals surface area (Å²) >= 11 is 1.38. The number of piperazine rings is 1. The highest BCUT2D eigenvalue weighted by Gasteiger charge is 2.39. The second-order valence-corrected chi connectivity index (χ2v) is 8.34. The first-order chi connectivity index (χ1) is 14.9. The Kier molecular flexibility index (Phi) is 5.83. The van der Waals surface area contributed by atoms with Crippen molar-refractivity contribution < 1.29 is 27.2 Å². The van der Waals surface area contributed by atoms with Gasteiger partial charge in [-0.2, -0.15) is 27.7 Å². The molecule has 2 atom stereocenters. The fourth-order valence-corrected chi connectivity index (χ4v) is 4.97. The third-order valence-corrected chi connectivity index (χ3v) is 6.36. The van der Waals surface area contributed by atoms with Crippen molar-refractivity contribution in [1.29, 1.82) is 0 Å². The van der Waals surface area contributed by atoms with E-state index in [1.54, 1.807) is 24.6 Å². The molecule has 2 unspecified atom stereocenters. The third-order valence-electron chi connectivity index (χ3n) is 5.55. The predicted octanol–water partition coefficient (Wildman–Crippen LogP) is 3.89. The number of fused-ring (bicyclic) bond motifs is 3. The summed E-state index contributed by atoms with van der Waals surface area (Å²) < 4.78 is 47.7. The first kappa shape index (κ1) is 21.5. The zero-order valence-corrected chi connectivity index (χ0v) is 17.3. The smallest absolute Gasteiger partial charge is 0.418 e. The molecular formula is C20H19F3N4O3S. The first-order valence-electron chi connectivity index (χ1n) is 9.79. The Hall–Kier alpha value is -2.75. The quantitative estimate of drug-likeness (QED) is 0.645. The molecule has 0 spiro atoms. The molecule has 7 nitrogen and oxygen atoms in total. The van der Waals surface area contributed by atoms with E-state index in [0.717, 1.165) is 12.8 Å². The molecule has 5 rings (SSSR count). The standard InChI is InChI=1S/C19H19F3N4OS.CO2/c1-2-10-7-13(17-23-5-6-28-17)16-15(14(10)19(20,21)22)25-18(27-16)26-8-11-3-4-12(9-26)24-11;2-1-3/h5-7,11-12,24H,2-4,8-9H2,1H3;. The second kappa shape index (κ2) is 8.41. The summed E-state index contributed by atoms with van der Waals surface area (Å²) in [5.74, 6) is 0. The molecule has 2 aliphatic rings. The minimum absolute atomic E-state index is 0.113. The van der Waals surface area contributed by atoms with Gasteiger partial charge in [-0.25, -0.2) is 4.98 Å². The summed E-state index contributed by atoms with van der Waals surface area (Å²) in [4.78, 5) is 26.9. The summed E-state index contributed by atoms with van der Waals surface area (Å²) in [6.45, 7) is 3.10. The minimum Gasteiger partial charge on any atom is -0.423 e. The fourth-order valence-electron chi connectivity index (χ4n) is 4.32. The van der Waals surface area contributed by atoms with Crippen LogP contribution in [-0.4, -0.2) is 41.3 Å². The SMILES string of the molecule is CCc1cc(-c2nccs2)c2oc(N3CC4CCC(C3)N4)nc2c1C(F)(F)F.O=C=O. The van der Waals surface area contributed by atoms with Crippen LogP contribution in [0, 0.1) is 0 Å². The number of thiazole rings is 1. The molecule has 2 fully saturated rings. The molecule has 1 N–H and O–H groups in total. The fraction of sp³-hybridized carbons (Fsp3) is 0.450. The van der Waals surface area contributed by atoms with Crippen LogP contribution < -0.4 is 10.2 Å². The Morgan fingerprint density at radius 1 is 1.29 bits per heavy atom. The normalized spacial score (nSPS) is 20.5. The van der Waals surface area contributed by atoms with E-state index in [4.69, 9.17) is 14.0 Å². The number of aromatic nitrogens is 2. The Morgan fingerprint density at radius 3 is 2.52 bits per heavy atom. The van der Waals surface area contributed by atoms with Gasteiger partial charge in [0.25, 0.3) is 6.01 Å². The average Bonchev–Trinajstić information content (AvgIpc) is 3.46. The summed E-state index contributed by atoms with van der Waals surface area (Å²) in [5.41, 5.74) is 0.147. The number of nitrogens with one attached hydrogen (secondary N) is 1. The van der Waals surface area contributed by atoms with Gasteiger partial charge in [0.1, 0.15) is 10.5 Å². The zero-order valence-electron chi connectivity index (χ0n) is 16.5. The maximum Gasteiger partial charge on any atom is 0.418 e. The van der Waals surface area contributed by atoms with Crippen LogP contribution in [0.4, 0.5) is 19.2 Å². The van der Waals surface area contributed by atoms with E-state index >= 15 is 0 Å². The molecule has 164 valence electrons. The summed E-state index contributed by atoms with van der Waals surface area (Å²) in [6, 6.07) is 2.49. The number of aryl methyl sites for hydroxylation is 1. The Morgan fingerprint density at radius 2 is 1.97 bits per heavy atom. The molecule has 3 aromatic rings. The van der Waals surface area contributed by atoms with Crippen LogP contribution >= 0.6 is 11.3 Å². The number of rotatable bonds is 3. The van der Waals surface area contributed by atoms with Crippen LogP contribution in [0.2, 0.25) is 0 Å². The van der Waals surface area contributed by atoms with Gasteiger partial charge in [-0.05, 0) is 30.9 Å². The molecule has 2 aromatic heterocycles. The number of alkyl halides is 3. The molecule has 0 saturated carbocycles. The lowest BCUT2D eigenvalue weighted by Crippen LogP contribution is -2.51. The lowest BCUT2D eigenvalue weighted by Gasteiger charge is -2.31. The van der Waals surface area contributed by atoms with Crippen LogP contribution in [-0.2, 0) is 22.2 Å². The molecule has 2 aliphatic heterocycles. The van der Waals surface area contributed by atoms with E-state index in [0.29, 0.717) is 35.7 Å². The van der Waals surface area contributed by atoms with Gasteiger partial charge in [-0.15, -0.1) is 11.3 Å². The van der Waals surface area contributed by atoms with E-state index in [-0.39, 0.29) is 35.3 Å². The molecule has 0 radical (unpaired) electrons. The highest BCUT2D eigenvalue weighted by atomic mass is 32.1. The largest absolute Gasteiger partial charge is 0.423 e. The number of oxazole rings is 1. The number of hydrogen-bond acceptors (Lipinski definition) is 8. The second-order valence-electron chi connectivity index (χ2n) is 7.45. The van der Waals surface area contributed by atoms with Crippen molar-refractivity contribution in [3.8, 4) is 10.6 Å². The lowest BCUT2D eigenvalue weighted by atomic mass is 9.99. The van der Waals surface area contributed by atoms with Crippen LogP contribution in [0.1, 0.15) is 30.9 Å². The van der Waals surface area contributed by atoms with Crippen LogP contribution in [0.5, 0.6) is 0 Å². The van der Waals surface area contributed by atoms with Gasteiger partial charge >= 0.3 is 12.3 Å². The molecule has 31 heavy (non-hydrogen) atoms. The van der Waals surface area contributed by atoms with Crippen molar-refractivity contribution in [1.82, 2.24) is 15.3 Å².